The Balaban J connectivity index is 1.50. The van der Waals surface area contributed by atoms with E-state index in [1.807, 2.05) is 66.7 Å². The van der Waals surface area contributed by atoms with Crippen LogP contribution in [0.1, 0.15) is 0 Å². The summed E-state index contributed by atoms with van der Waals surface area (Å²) < 4.78 is 29.6. The maximum absolute atomic E-state index is 13.1. The van der Waals surface area contributed by atoms with Crippen molar-refractivity contribution in [3.8, 4) is 11.1 Å². The lowest BCUT2D eigenvalue weighted by atomic mass is 10.0. The minimum absolute atomic E-state index is 0.0991. The molecule has 0 spiro atoms. The predicted molar refractivity (Wildman–Crippen MR) is 150 cm³/mol. The monoisotopic (exact) mass is 575 g/mol. The zero-order valence-electron chi connectivity index (χ0n) is 19.6. The molecule has 0 radical (unpaired) electrons. The van der Waals surface area contributed by atoms with E-state index in [0.717, 1.165) is 27.0 Å². The maximum Gasteiger partial charge on any atom is 0.263 e. The molecule has 8 nitrogen and oxygen atoms in total. The van der Waals surface area contributed by atoms with Crippen molar-refractivity contribution < 1.29 is 13.3 Å². The Kier molecular flexibility index (Phi) is 7.04. The molecule has 4 aromatic carbocycles. The molecular weight excluding hydrogens is 554 g/mol. The van der Waals surface area contributed by atoms with Gasteiger partial charge in [-0.2, -0.15) is 0 Å². The number of hydrogen-bond acceptors (Lipinski definition) is 7. The van der Waals surface area contributed by atoms with Crippen LogP contribution in [0.25, 0.3) is 22.2 Å². The molecular formula is C27H22BrN5O3S. The standard InChI is InChI=1S/C27H22BrN5O3S/c1-36-32-21-13-9-18(10-14-21)19-5-4-6-22(17-19)29-26-27(31-25-8-3-2-7-24(25)30-26)33-37(34,35)23-15-11-20(28)12-16-23/h2-17,32H,1H3,(H,29,30)(H,31,33). The molecule has 1 heterocycles. The van der Waals surface area contributed by atoms with Gasteiger partial charge in [0.15, 0.2) is 11.6 Å². The van der Waals surface area contributed by atoms with Crippen molar-refractivity contribution >= 4 is 60.0 Å². The number of sulfonamides is 1. The number of benzene rings is 4. The van der Waals surface area contributed by atoms with Gasteiger partial charge in [0.1, 0.15) is 0 Å². The molecule has 0 aliphatic rings. The zero-order valence-corrected chi connectivity index (χ0v) is 22.0. The number of hydrogen-bond donors (Lipinski definition) is 3. The predicted octanol–water partition coefficient (Wildman–Crippen LogP) is 6.58. The van der Waals surface area contributed by atoms with Crippen LogP contribution in [0.5, 0.6) is 0 Å². The first-order valence-corrected chi connectivity index (χ1v) is 13.5. The number of nitrogens with one attached hydrogen (secondary N) is 3. The smallest absolute Gasteiger partial charge is 0.263 e. The number of nitrogens with zero attached hydrogens (tertiary/aromatic N) is 2. The molecule has 0 unspecified atom stereocenters. The van der Waals surface area contributed by atoms with Crippen molar-refractivity contribution in [2.24, 2.45) is 0 Å². The summed E-state index contributed by atoms with van der Waals surface area (Å²) >= 11 is 3.33. The number of halogens is 1. The van der Waals surface area contributed by atoms with Gasteiger partial charge in [0.2, 0.25) is 0 Å². The van der Waals surface area contributed by atoms with Crippen LogP contribution in [-0.2, 0) is 14.9 Å². The molecule has 0 saturated carbocycles. The number of fused-ring (bicyclic) bond motifs is 1. The van der Waals surface area contributed by atoms with Crippen molar-refractivity contribution in [2.45, 2.75) is 4.90 Å². The second kappa shape index (κ2) is 10.6. The van der Waals surface area contributed by atoms with E-state index in [1.54, 1.807) is 25.3 Å². The average molecular weight is 576 g/mol. The minimum Gasteiger partial charge on any atom is -0.337 e. The van der Waals surface area contributed by atoms with Gasteiger partial charge in [-0.05, 0) is 71.8 Å². The Morgan fingerprint density at radius 1 is 0.730 bits per heavy atom. The molecule has 3 N–H and O–H groups in total. The first-order valence-electron chi connectivity index (χ1n) is 11.2. The summed E-state index contributed by atoms with van der Waals surface area (Å²) in [5, 5.41) is 3.25. The number of rotatable bonds is 8. The summed E-state index contributed by atoms with van der Waals surface area (Å²) in [6.07, 6.45) is 0. The lowest BCUT2D eigenvalue weighted by Gasteiger charge is -2.14. The molecule has 5 aromatic rings. The quantitative estimate of drug-likeness (QED) is 0.179. The molecule has 0 aliphatic heterocycles. The second-order valence-electron chi connectivity index (χ2n) is 8.06. The average Bonchev–Trinajstić information content (AvgIpc) is 2.90. The highest BCUT2D eigenvalue weighted by Gasteiger charge is 2.19. The largest absolute Gasteiger partial charge is 0.337 e. The number of aromatic nitrogens is 2. The maximum atomic E-state index is 13.1. The lowest BCUT2D eigenvalue weighted by molar-refractivity contribution is 0.271. The highest BCUT2D eigenvalue weighted by molar-refractivity contribution is 9.10. The molecule has 0 atom stereocenters. The lowest BCUT2D eigenvalue weighted by Crippen LogP contribution is -2.16. The molecule has 1 aromatic heterocycles. The van der Waals surface area contributed by atoms with Crippen molar-refractivity contribution in [2.75, 3.05) is 22.6 Å². The van der Waals surface area contributed by atoms with Gasteiger partial charge in [0, 0.05) is 10.2 Å². The Labute approximate surface area is 222 Å². The molecule has 0 amide bonds. The third-order valence-corrected chi connectivity index (χ3v) is 7.37. The first-order chi connectivity index (χ1) is 17.9. The van der Waals surface area contributed by atoms with Gasteiger partial charge in [-0.25, -0.2) is 18.4 Å². The van der Waals surface area contributed by atoms with E-state index >= 15 is 0 Å². The van der Waals surface area contributed by atoms with Crippen LogP contribution in [0.15, 0.2) is 106 Å². The molecule has 37 heavy (non-hydrogen) atoms. The fraction of sp³-hybridized carbons (Fsp3) is 0.0370. The Bertz CT molecular complexity index is 1660. The van der Waals surface area contributed by atoms with Gasteiger partial charge < -0.3 is 5.32 Å². The van der Waals surface area contributed by atoms with Gasteiger partial charge >= 0.3 is 0 Å². The number of anilines is 4. The van der Waals surface area contributed by atoms with E-state index < -0.39 is 10.0 Å². The molecule has 0 fully saturated rings. The summed E-state index contributed by atoms with van der Waals surface area (Å²) in [5.41, 5.74) is 7.55. The molecule has 0 bridgehead atoms. The SMILES string of the molecule is CONc1ccc(-c2cccc(Nc3nc4ccccc4nc3NS(=O)(=O)c3ccc(Br)cc3)c2)cc1. The van der Waals surface area contributed by atoms with Gasteiger partial charge in [0.25, 0.3) is 10.0 Å². The number of para-hydroxylation sites is 2. The normalized spacial score (nSPS) is 11.3. The van der Waals surface area contributed by atoms with Crippen LogP contribution in [-0.4, -0.2) is 25.5 Å². The van der Waals surface area contributed by atoms with Crippen LogP contribution in [0.2, 0.25) is 0 Å². The van der Waals surface area contributed by atoms with Crippen molar-refractivity contribution in [3.63, 3.8) is 0 Å². The summed E-state index contributed by atoms with van der Waals surface area (Å²) in [6.45, 7) is 0. The molecule has 10 heteroatoms. The van der Waals surface area contributed by atoms with Crippen LogP contribution in [0.3, 0.4) is 0 Å². The minimum atomic E-state index is -3.90. The van der Waals surface area contributed by atoms with Gasteiger partial charge in [-0.1, -0.05) is 52.3 Å². The van der Waals surface area contributed by atoms with Gasteiger partial charge in [-0.3, -0.25) is 15.0 Å². The Morgan fingerprint density at radius 2 is 1.41 bits per heavy atom. The van der Waals surface area contributed by atoms with E-state index in [9.17, 15) is 8.42 Å². The fourth-order valence-electron chi connectivity index (χ4n) is 3.72. The zero-order chi connectivity index (χ0) is 25.8. The molecule has 5 rings (SSSR count). The van der Waals surface area contributed by atoms with Crippen LogP contribution in [0.4, 0.5) is 23.0 Å². The van der Waals surface area contributed by atoms with Crippen molar-refractivity contribution in [1.82, 2.24) is 9.97 Å². The molecule has 0 saturated heterocycles. The van der Waals surface area contributed by atoms with Crippen LogP contribution in [0, 0.1) is 0 Å². The van der Waals surface area contributed by atoms with E-state index in [-0.39, 0.29) is 16.5 Å². The fourth-order valence-corrected chi connectivity index (χ4v) is 4.99. The van der Waals surface area contributed by atoms with E-state index in [2.05, 4.69) is 41.4 Å². The molecule has 0 aliphatic carbocycles. The van der Waals surface area contributed by atoms with Crippen LogP contribution >= 0.6 is 15.9 Å². The third kappa shape index (κ3) is 5.72. The topological polar surface area (TPSA) is 105 Å². The Morgan fingerprint density at radius 3 is 2.08 bits per heavy atom. The van der Waals surface area contributed by atoms with E-state index in [0.29, 0.717) is 11.0 Å². The highest BCUT2D eigenvalue weighted by Crippen LogP contribution is 2.30. The first kappa shape index (κ1) is 24.7. The van der Waals surface area contributed by atoms with Gasteiger partial charge in [-0.15, -0.1) is 0 Å². The summed E-state index contributed by atoms with van der Waals surface area (Å²) in [7, 11) is -2.34. The molecule has 186 valence electrons. The van der Waals surface area contributed by atoms with Gasteiger partial charge in [0.05, 0.1) is 28.7 Å². The summed E-state index contributed by atoms with van der Waals surface area (Å²) in [5.74, 6) is 0.387. The van der Waals surface area contributed by atoms with Crippen molar-refractivity contribution in [1.29, 1.82) is 0 Å². The summed E-state index contributed by atoms with van der Waals surface area (Å²) in [6, 6.07) is 29.2. The Hall–Kier alpha value is -3.99. The highest BCUT2D eigenvalue weighted by atomic mass is 79.9. The van der Waals surface area contributed by atoms with E-state index in [1.165, 1.54) is 12.1 Å². The summed E-state index contributed by atoms with van der Waals surface area (Å²) in [4.78, 5) is 14.3. The third-order valence-electron chi connectivity index (χ3n) is 5.49. The second-order valence-corrected chi connectivity index (χ2v) is 10.7. The van der Waals surface area contributed by atoms with Crippen molar-refractivity contribution in [3.05, 3.63) is 102 Å². The van der Waals surface area contributed by atoms with E-state index in [4.69, 9.17) is 4.84 Å². The van der Waals surface area contributed by atoms with Crippen LogP contribution < -0.4 is 15.5 Å².